The van der Waals surface area contributed by atoms with E-state index in [9.17, 15) is 0 Å². The molecule has 0 saturated carbocycles. The van der Waals surface area contributed by atoms with Gasteiger partial charge in [0.25, 0.3) is 0 Å². The normalized spacial score (nSPS) is 12.9. The molecule has 0 fully saturated rings. The Morgan fingerprint density at radius 2 is 2.05 bits per heavy atom. The van der Waals surface area contributed by atoms with Crippen molar-refractivity contribution < 1.29 is 4.52 Å². The Balaban J connectivity index is 2.25. The van der Waals surface area contributed by atoms with Crippen LogP contribution in [0.2, 0.25) is 0 Å². The van der Waals surface area contributed by atoms with E-state index < -0.39 is 0 Å². The molecule has 102 valence electrons. The second-order valence-electron chi connectivity index (χ2n) is 4.51. The molecule has 0 N–H and O–H groups in total. The van der Waals surface area contributed by atoms with Gasteiger partial charge in [-0.2, -0.15) is 10.1 Å². The van der Waals surface area contributed by atoms with Gasteiger partial charge in [-0.25, -0.2) is 0 Å². The lowest BCUT2D eigenvalue weighted by Crippen LogP contribution is -2.23. The van der Waals surface area contributed by atoms with Crippen LogP contribution in [-0.4, -0.2) is 38.8 Å². The van der Waals surface area contributed by atoms with E-state index in [2.05, 4.69) is 39.1 Å². The molecule has 0 aromatic carbocycles. The van der Waals surface area contributed by atoms with Crippen molar-refractivity contribution in [2.75, 3.05) is 13.6 Å². The lowest BCUT2D eigenvalue weighted by atomic mass is 10.2. The SMILES string of the molecule is CCC(c1nc(-c2ccc(C)nn2)no1)N(C)CC. The number of rotatable bonds is 5. The Kier molecular flexibility index (Phi) is 4.21. The van der Waals surface area contributed by atoms with Gasteiger partial charge in [-0.05, 0) is 39.1 Å². The summed E-state index contributed by atoms with van der Waals surface area (Å²) in [5.74, 6) is 1.12. The summed E-state index contributed by atoms with van der Waals surface area (Å²) in [6, 6.07) is 3.87. The first-order chi connectivity index (χ1) is 9.15. The molecule has 19 heavy (non-hydrogen) atoms. The average Bonchev–Trinajstić information content (AvgIpc) is 2.89. The summed E-state index contributed by atoms with van der Waals surface area (Å²) in [7, 11) is 2.05. The quantitative estimate of drug-likeness (QED) is 0.822. The number of nitrogens with zero attached hydrogens (tertiary/aromatic N) is 5. The molecular formula is C13H19N5O. The van der Waals surface area contributed by atoms with E-state index in [-0.39, 0.29) is 6.04 Å². The lowest BCUT2D eigenvalue weighted by molar-refractivity contribution is 0.198. The summed E-state index contributed by atoms with van der Waals surface area (Å²) in [5.41, 5.74) is 1.50. The van der Waals surface area contributed by atoms with E-state index >= 15 is 0 Å². The van der Waals surface area contributed by atoms with Crippen LogP contribution >= 0.6 is 0 Å². The maximum absolute atomic E-state index is 5.35. The molecule has 2 aromatic rings. The minimum absolute atomic E-state index is 0.143. The summed E-state index contributed by atoms with van der Waals surface area (Å²) < 4.78 is 5.35. The lowest BCUT2D eigenvalue weighted by Gasteiger charge is -2.21. The smallest absolute Gasteiger partial charge is 0.244 e. The molecule has 1 atom stereocenters. The molecule has 0 radical (unpaired) electrons. The van der Waals surface area contributed by atoms with Crippen molar-refractivity contribution in [3.63, 3.8) is 0 Å². The van der Waals surface area contributed by atoms with Gasteiger partial charge in [0.2, 0.25) is 11.7 Å². The van der Waals surface area contributed by atoms with Gasteiger partial charge in [-0.3, -0.25) is 4.90 Å². The zero-order valence-corrected chi connectivity index (χ0v) is 11.8. The van der Waals surface area contributed by atoms with Gasteiger partial charge in [0.1, 0.15) is 5.69 Å². The van der Waals surface area contributed by atoms with Gasteiger partial charge in [0, 0.05) is 0 Å². The second kappa shape index (κ2) is 5.88. The van der Waals surface area contributed by atoms with Crippen LogP contribution in [0.15, 0.2) is 16.7 Å². The number of hydrogen-bond donors (Lipinski definition) is 0. The van der Waals surface area contributed by atoms with E-state index in [1.54, 1.807) is 0 Å². The molecule has 0 aliphatic rings. The molecule has 0 spiro atoms. The van der Waals surface area contributed by atoms with E-state index in [0.29, 0.717) is 17.4 Å². The molecule has 0 saturated heterocycles. The van der Waals surface area contributed by atoms with E-state index in [0.717, 1.165) is 18.7 Å². The Morgan fingerprint density at radius 3 is 2.63 bits per heavy atom. The third-order valence-corrected chi connectivity index (χ3v) is 3.17. The summed E-state index contributed by atoms with van der Waals surface area (Å²) in [6.07, 6.45) is 0.922. The van der Waals surface area contributed by atoms with Crippen LogP contribution in [0.4, 0.5) is 0 Å². The van der Waals surface area contributed by atoms with Gasteiger partial charge in [0.05, 0.1) is 11.7 Å². The van der Waals surface area contributed by atoms with Gasteiger partial charge in [0.15, 0.2) is 0 Å². The number of aryl methyl sites for hydroxylation is 1. The van der Waals surface area contributed by atoms with Crippen LogP contribution in [0.3, 0.4) is 0 Å². The summed E-state index contributed by atoms with van der Waals surface area (Å²) >= 11 is 0. The molecule has 6 nitrogen and oxygen atoms in total. The zero-order chi connectivity index (χ0) is 13.8. The molecule has 0 bridgehead atoms. The van der Waals surface area contributed by atoms with Crippen LogP contribution in [0, 0.1) is 6.92 Å². The first kappa shape index (κ1) is 13.6. The van der Waals surface area contributed by atoms with Crippen LogP contribution in [-0.2, 0) is 0 Å². The standard InChI is InChI=1S/C13H19N5O/c1-5-11(18(4)6-2)13-14-12(17-19-13)10-8-7-9(3)15-16-10/h7-8,11H,5-6H2,1-4H3. The highest BCUT2D eigenvalue weighted by molar-refractivity contribution is 5.46. The maximum atomic E-state index is 5.35. The molecule has 2 rings (SSSR count). The zero-order valence-electron chi connectivity index (χ0n) is 11.8. The fraction of sp³-hybridized carbons (Fsp3) is 0.538. The predicted octanol–water partition coefficient (Wildman–Crippen LogP) is 2.24. The third-order valence-electron chi connectivity index (χ3n) is 3.17. The van der Waals surface area contributed by atoms with Crippen molar-refractivity contribution in [2.45, 2.75) is 33.2 Å². The van der Waals surface area contributed by atoms with Crippen LogP contribution in [0.25, 0.3) is 11.5 Å². The average molecular weight is 261 g/mol. The predicted molar refractivity (Wildman–Crippen MR) is 71.4 cm³/mol. The Bertz CT molecular complexity index is 522. The Hall–Kier alpha value is -1.82. The van der Waals surface area contributed by atoms with E-state index in [1.165, 1.54) is 0 Å². The molecule has 0 aliphatic carbocycles. The van der Waals surface area contributed by atoms with Crippen LogP contribution < -0.4 is 0 Å². The summed E-state index contributed by atoms with van der Waals surface area (Å²) in [4.78, 5) is 6.61. The monoisotopic (exact) mass is 261 g/mol. The van der Waals surface area contributed by atoms with E-state index in [1.807, 2.05) is 26.1 Å². The highest BCUT2D eigenvalue weighted by atomic mass is 16.5. The maximum Gasteiger partial charge on any atom is 0.244 e. The van der Waals surface area contributed by atoms with E-state index in [4.69, 9.17) is 4.52 Å². The molecule has 1 unspecified atom stereocenters. The second-order valence-corrected chi connectivity index (χ2v) is 4.51. The van der Waals surface area contributed by atoms with Crippen molar-refractivity contribution in [2.24, 2.45) is 0 Å². The van der Waals surface area contributed by atoms with Crippen molar-refractivity contribution in [3.05, 3.63) is 23.7 Å². The van der Waals surface area contributed by atoms with Crippen molar-refractivity contribution in [1.29, 1.82) is 0 Å². The van der Waals surface area contributed by atoms with Gasteiger partial charge in [-0.15, -0.1) is 5.10 Å². The molecule has 0 amide bonds. The fourth-order valence-electron chi connectivity index (χ4n) is 1.89. The first-order valence-electron chi connectivity index (χ1n) is 6.50. The third kappa shape index (κ3) is 2.96. The Morgan fingerprint density at radius 1 is 1.26 bits per heavy atom. The molecular weight excluding hydrogens is 242 g/mol. The highest BCUT2D eigenvalue weighted by Crippen LogP contribution is 2.23. The highest BCUT2D eigenvalue weighted by Gasteiger charge is 2.21. The van der Waals surface area contributed by atoms with Gasteiger partial charge >= 0.3 is 0 Å². The molecule has 6 heteroatoms. The minimum atomic E-state index is 0.143. The van der Waals surface area contributed by atoms with Crippen LogP contribution in [0.1, 0.15) is 37.9 Å². The largest absolute Gasteiger partial charge is 0.337 e. The topological polar surface area (TPSA) is 67.9 Å². The molecule has 0 aliphatic heterocycles. The molecule has 2 aromatic heterocycles. The van der Waals surface area contributed by atoms with Crippen molar-refractivity contribution in [1.82, 2.24) is 25.2 Å². The summed E-state index contributed by atoms with van der Waals surface area (Å²) in [5, 5.41) is 12.0. The summed E-state index contributed by atoms with van der Waals surface area (Å²) in [6.45, 7) is 7.03. The van der Waals surface area contributed by atoms with Gasteiger partial charge < -0.3 is 4.52 Å². The van der Waals surface area contributed by atoms with Crippen molar-refractivity contribution >= 4 is 0 Å². The Labute approximate surface area is 112 Å². The minimum Gasteiger partial charge on any atom is -0.337 e. The first-order valence-corrected chi connectivity index (χ1v) is 6.50. The molecule has 2 heterocycles. The van der Waals surface area contributed by atoms with Crippen molar-refractivity contribution in [3.8, 4) is 11.5 Å². The van der Waals surface area contributed by atoms with Gasteiger partial charge in [-0.1, -0.05) is 19.0 Å². The van der Waals surface area contributed by atoms with Crippen LogP contribution in [0.5, 0.6) is 0 Å². The number of hydrogen-bond acceptors (Lipinski definition) is 6. The number of aromatic nitrogens is 4. The fourth-order valence-corrected chi connectivity index (χ4v) is 1.89.